The zero-order valence-corrected chi connectivity index (χ0v) is 9.88. The Hall–Kier alpha value is -1.62. The van der Waals surface area contributed by atoms with Crippen LogP contribution in [0.3, 0.4) is 0 Å². The van der Waals surface area contributed by atoms with Crippen LogP contribution in [0.2, 0.25) is 0 Å². The normalized spacial score (nSPS) is 13.0. The molecule has 0 aliphatic carbocycles. The van der Waals surface area contributed by atoms with Crippen LogP contribution in [0, 0.1) is 0 Å². The smallest absolute Gasteiger partial charge is 0.207 e. The lowest BCUT2D eigenvalue weighted by Gasteiger charge is -2.24. The Balaban J connectivity index is 2.49. The van der Waals surface area contributed by atoms with Gasteiger partial charge in [0.15, 0.2) is 5.65 Å². The molecule has 0 bridgehead atoms. The summed E-state index contributed by atoms with van der Waals surface area (Å²) in [6.45, 7) is 2.68. The summed E-state index contributed by atoms with van der Waals surface area (Å²) < 4.78 is 2.04. The van der Waals surface area contributed by atoms with E-state index in [9.17, 15) is 0 Å². The summed E-state index contributed by atoms with van der Waals surface area (Å²) in [5.41, 5.74) is 7.47. The number of hydrogen-bond donors (Lipinski definition) is 1. The van der Waals surface area contributed by atoms with Crippen molar-refractivity contribution < 1.29 is 0 Å². The van der Waals surface area contributed by atoms with Crippen molar-refractivity contribution in [2.45, 2.75) is 13.0 Å². The summed E-state index contributed by atoms with van der Waals surface area (Å²) in [5, 5.41) is 0. The van der Waals surface area contributed by atoms with Crippen LogP contribution in [0.15, 0.2) is 18.3 Å². The Labute approximate surface area is 94.9 Å². The van der Waals surface area contributed by atoms with Gasteiger partial charge in [-0.1, -0.05) is 0 Å². The minimum absolute atomic E-state index is 0.260. The molecule has 0 aliphatic heterocycles. The lowest BCUT2D eigenvalue weighted by atomic mass is 10.3. The van der Waals surface area contributed by atoms with Gasteiger partial charge >= 0.3 is 0 Å². The van der Waals surface area contributed by atoms with Gasteiger partial charge in [0, 0.05) is 32.9 Å². The summed E-state index contributed by atoms with van der Waals surface area (Å²) in [6.07, 6.45) is 1.76. The van der Waals surface area contributed by atoms with Crippen molar-refractivity contribution in [2.24, 2.45) is 12.8 Å². The van der Waals surface area contributed by atoms with E-state index in [0.717, 1.165) is 17.1 Å². The van der Waals surface area contributed by atoms with Crippen LogP contribution in [0.1, 0.15) is 6.92 Å². The molecule has 0 fully saturated rings. The van der Waals surface area contributed by atoms with Gasteiger partial charge in [0.25, 0.3) is 0 Å². The standard InChI is InChI=1S/C11H17N5/c1-8(7-12)15(2)11-14-10-9(16(11)3)5-4-6-13-10/h4-6,8H,7,12H2,1-3H3. The number of nitrogens with zero attached hydrogens (tertiary/aromatic N) is 4. The molecule has 0 aromatic carbocycles. The van der Waals surface area contributed by atoms with Crippen LogP contribution >= 0.6 is 0 Å². The Morgan fingerprint density at radius 3 is 2.94 bits per heavy atom. The Bertz CT molecular complexity index is 490. The number of pyridine rings is 1. The van der Waals surface area contributed by atoms with Gasteiger partial charge in [-0.3, -0.25) is 0 Å². The van der Waals surface area contributed by atoms with Crippen molar-refractivity contribution in [1.29, 1.82) is 0 Å². The number of fused-ring (bicyclic) bond motifs is 1. The molecule has 2 aromatic heterocycles. The first-order chi connectivity index (χ1) is 7.65. The number of likely N-dealkylation sites (N-methyl/N-ethyl adjacent to an activating group) is 1. The number of aromatic nitrogens is 3. The predicted octanol–water partition coefficient (Wildman–Crippen LogP) is 0.752. The molecule has 0 spiro atoms. The highest BCUT2D eigenvalue weighted by Gasteiger charge is 2.15. The zero-order valence-electron chi connectivity index (χ0n) is 9.88. The number of rotatable bonds is 3. The molecule has 0 aliphatic rings. The van der Waals surface area contributed by atoms with E-state index in [-0.39, 0.29) is 6.04 Å². The quantitative estimate of drug-likeness (QED) is 0.827. The first-order valence-corrected chi connectivity index (χ1v) is 5.35. The van der Waals surface area contributed by atoms with Gasteiger partial charge in [-0.05, 0) is 19.1 Å². The molecule has 1 atom stereocenters. The molecule has 5 nitrogen and oxygen atoms in total. The second-order valence-electron chi connectivity index (χ2n) is 4.01. The molecule has 16 heavy (non-hydrogen) atoms. The topological polar surface area (TPSA) is 60.0 Å². The van der Waals surface area contributed by atoms with Gasteiger partial charge in [-0.2, -0.15) is 4.98 Å². The fraction of sp³-hybridized carbons (Fsp3) is 0.455. The number of aryl methyl sites for hydroxylation is 1. The molecule has 0 saturated heterocycles. The molecule has 2 N–H and O–H groups in total. The number of nitrogens with two attached hydrogens (primary N) is 1. The Kier molecular flexibility index (Phi) is 2.78. The Morgan fingerprint density at radius 1 is 1.56 bits per heavy atom. The van der Waals surface area contributed by atoms with Gasteiger partial charge in [0.2, 0.25) is 5.95 Å². The molecule has 0 saturated carbocycles. The third-order valence-electron chi connectivity index (χ3n) is 2.95. The minimum atomic E-state index is 0.260. The maximum atomic E-state index is 5.66. The third kappa shape index (κ3) is 1.63. The molecule has 2 heterocycles. The SMILES string of the molecule is CC(CN)N(C)c1nc2ncccc2n1C. The van der Waals surface area contributed by atoms with E-state index in [1.54, 1.807) is 6.20 Å². The fourth-order valence-corrected chi connectivity index (χ4v) is 1.68. The first-order valence-electron chi connectivity index (χ1n) is 5.35. The van der Waals surface area contributed by atoms with Gasteiger partial charge < -0.3 is 15.2 Å². The van der Waals surface area contributed by atoms with Crippen molar-refractivity contribution in [2.75, 3.05) is 18.5 Å². The van der Waals surface area contributed by atoms with Crippen molar-refractivity contribution >= 4 is 17.1 Å². The van der Waals surface area contributed by atoms with Crippen molar-refractivity contribution in [3.05, 3.63) is 18.3 Å². The van der Waals surface area contributed by atoms with E-state index in [2.05, 4.69) is 21.8 Å². The molecule has 0 amide bonds. The molecule has 2 aromatic rings. The summed E-state index contributed by atoms with van der Waals surface area (Å²) >= 11 is 0. The minimum Gasteiger partial charge on any atom is -0.341 e. The van der Waals surface area contributed by atoms with Crippen LogP contribution in [0.5, 0.6) is 0 Å². The molecular formula is C11H17N5. The summed E-state index contributed by atoms with van der Waals surface area (Å²) in [7, 11) is 3.99. The molecule has 1 unspecified atom stereocenters. The highest BCUT2D eigenvalue weighted by molar-refractivity contribution is 5.74. The average molecular weight is 219 g/mol. The van der Waals surface area contributed by atoms with Gasteiger partial charge in [0.05, 0.1) is 5.52 Å². The van der Waals surface area contributed by atoms with Crippen molar-refractivity contribution in [1.82, 2.24) is 14.5 Å². The maximum absolute atomic E-state index is 5.66. The second-order valence-corrected chi connectivity index (χ2v) is 4.01. The lowest BCUT2D eigenvalue weighted by molar-refractivity contribution is 0.666. The van der Waals surface area contributed by atoms with Crippen LogP contribution in [-0.4, -0.2) is 34.2 Å². The summed E-state index contributed by atoms with van der Waals surface area (Å²) in [5.74, 6) is 0.895. The van der Waals surface area contributed by atoms with E-state index in [1.165, 1.54) is 0 Å². The third-order valence-corrected chi connectivity index (χ3v) is 2.95. The fourth-order valence-electron chi connectivity index (χ4n) is 1.68. The number of imidazole rings is 1. The van der Waals surface area contributed by atoms with Gasteiger partial charge in [-0.15, -0.1) is 0 Å². The first kappa shape index (κ1) is 10.9. The molecule has 0 radical (unpaired) electrons. The number of anilines is 1. The van der Waals surface area contributed by atoms with E-state index >= 15 is 0 Å². The summed E-state index contributed by atoms with van der Waals surface area (Å²) in [6, 6.07) is 4.19. The molecule has 2 rings (SSSR count). The molecule has 86 valence electrons. The van der Waals surface area contributed by atoms with E-state index < -0.39 is 0 Å². The van der Waals surface area contributed by atoms with Gasteiger partial charge in [0.1, 0.15) is 0 Å². The van der Waals surface area contributed by atoms with Crippen LogP contribution in [0.4, 0.5) is 5.95 Å². The van der Waals surface area contributed by atoms with E-state index in [1.807, 2.05) is 30.8 Å². The molecule has 5 heteroatoms. The highest BCUT2D eigenvalue weighted by Crippen LogP contribution is 2.19. The molecular weight excluding hydrogens is 202 g/mol. The highest BCUT2D eigenvalue weighted by atomic mass is 15.3. The second kappa shape index (κ2) is 4.09. The van der Waals surface area contributed by atoms with E-state index in [4.69, 9.17) is 5.73 Å². The Morgan fingerprint density at radius 2 is 2.31 bits per heavy atom. The van der Waals surface area contributed by atoms with Crippen molar-refractivity contribution in [3.8, 4) is 0 Å². The maximum Gasteiger partial charge on any atom is 0.207 e. The largest absolute Gasteiger partial charge is 0.341 e. The average Bonchev–Trinajstić information content (AvgIpc) is 2.65. The van der Waals surface area contributed by atoms with E-state index in [0.29, 0.717) is 6.54 Å². The monoisotopic (exact) mass is 219 g/mol. The summed E-state index contributed by atoms with van der Waals surface area (Å²) in [4.78, 5) is 10.8. The van der Waals surface area contributed by atoms with Crippen LogP contribution in [0.25, 0.3) is 11.2 Å². The number of hydrogen-bond acceptors (Lipinski definition) is 4. The zero-order chi connectivity index (χ0) is 11.7. The predicted molar refractivity (Wildman–Crippen MR) is 65.4 cm³/mol. The van der Waals surface area contributed by atoms with Crippen molar-refractivity contribution in [3.63, 3.8) is 0 Å². The van der Waals surface area contributed by atoms with Gasteiger partial charge in [-0.25, -0.2) is 4.98 Å². The lowest BCUT2D eigenvalue weighted by Crippen LogP contribution is -2.36. The van der Waals surface area contributed by atoms with Crippen LogP contribution in [-0.2, 0) is 7.05 Å². The van der Waals surface area contributed by atoms with Crippen LogP contribution < -0.4 is 10.6 Å².